The van der Waals surface area contributed by atoms with Crippen LogP contribution >= 0.6 is 0 Å². The maximum absolute atomic E-state index is 5.36. The molecule has 0 aliphatic carbocycles. The standard InChI is InChI=1S/C14H24N6/c15-18-14-16-6-3-13(17-14)20-9-4-12(5-10-20)11-19-7-1-2-8-19/h3,6,12H,1-2,4-5,7-11,15H2,(H,16,17,18). The zero-order valence-electron chi connectivity index (χ0n) is 12.0. The van der Waals surface area contributed by atoms with Crippen LogP contribution in [0.15, 0.2) is 12.3 Å². The number of piperidine rings is 1. The van der Waals surface area contributed by atoms with Crippen LogP contribution in [0.1, 0.15) is 25.7 Å². The summed E-state index contributed by atoms with van der Waals surface area (Å²) in [7, 11) is 0. The topological polar surface area (TPSA) is 70.3 Å². The highest BCUT2D eigenvalue weighted by Crippen LogP contribution is 2.24. The largest absolute Gasteiger partial charge is 0.356 e. The van der Waals surface area contributed by atoms with Crippen molar-refractivity contribution < 1.29 is 0 Å². The van der Waals surface area contributed by atoms with E-state index in [1.807, 2.05) is 6.07 Å². The Kier molecular flexibility index (Phi) is 4.32. The maximum Gasteiger partial charge on any atom is 0.239 e. The molecule has 2 aliphatic rings. The number of hydrogen-bond donors (Lipinski definition) is 2. The summed E-state index contributed by atoms with van der Waals surface area (Å²) in [5.41, 5.74) is 2.51. The van der Waals surface area contributed by atoms with Crippen molar-refractivity contribution in [3.05, 3.63) is 12.3 Å². The number of likely N-dealkylation sites (tertiary alicyclic amines) is 1. The number of nitrogens with one attached hydrogen (secondary N) is 1. The van der Waals surface area contributed by atoms with Gasteiger partial charge in [0.2, 0.25) is 5.95 Å². The van der Waals surface area contributed by atoms with E-state index in [0.717, 1.165) is 24.8 Å². The molecule has 0 aromatic carbocycles. The second-order valence-electron chi connectivity index (χ2n) is 5.82. The van der Waals surface area contributed by atoms with Crippen molar-refractivity contribution in [2.24, 2.45) is 11.8 Å². The van der Waals surface area contributed by atoms with Gasteiger partial charge in [-0.3, -0.25) is 5.43 Å². The van der Waals surface area contributed by atoms with Crippen molar-refractivity contribution >= 4 is 11.8 Å². The van der Waals surface area contributed by atoms with Gasteiger partial charge in [-0.05, 0) is 50.8 Å². The van der Waals surface area contributed by atoms with Crippen molar-refractivity contribution in [2.45, 2.75) is 25.7 Å². The first-order valence-corrected chi connectivity index (χ1v) is 7.62. The van der Waals surface area contributed by atoms with Gasteiger partial charge < -0.3 is 9.80 Å². The lowest BCUT2D eigenvalue weighted by Gasteiger charge is -2.34. The summed E-state index contributed by atoms with van der Waals surface area (Å²) in [6.45, 7) is 6.06. The van der Waals surface area contributed by atoms with Gasteiger partial charge in [0.1, 0.15) is 5.82 Å². The summed E-state index contributed by atoms with van der Waals surface area (Å²) in [6, 6.07) is 1.96. The highest BCUT2D eigenvalue weighted by molar-refractivity contribution is 5.42. The molecule has 0 saturated carbocycles. The molecule has 6 nitrogen and oxygen atoms in total. The molecule has 3 N–H and O–H groups in total. The quantitative estimate of drug-likeness (QED) is 0.633. The molecule has 2 aliphatic heterocycles. The Morgan fingerprint density at radius 1 is 1.20 bits per heavy atom. The molecule has 2 fully saturated rings. The average molecular weight is 276 g/mol. The second kappa shape index (κ2) is 6.37. The molecule has 0 spiro atoms. The van der Waals surface area contributed by atoms with E-state index in [1.54, 1.807) is 6.20 Å². The average Bonchev–Trinajstić information content (AvgIpc) is 3.01. The van der Waals surface area contributed by atoms with Gasteiger partial charge in [-0.15, -0.1) is 0 Å². The lowest BCUT2D eigenvalue weighted by atomic mass is 9.96. The van der Waals surface area contributed by atoms with E-state index < -0.39 is 0 Å². The molecule has 0 amide bonds. The van der Waals surface area contributed by atoms with Gasteiger partial charge >= 0.3 is 0 Å². The van der Waals surface area contributed by atoms with Crippen LogP contribution in [0.5, 0.6) is 0 Å². The fraction of sp³-hybridized carbons (Fsp3) is 0.714. The molecule has 0 radical (unpaired) electrons. The van der Waals surface area contributed by atoms with Crippen molar-refractivity contribution in [2.75, 3.05) is 43.0 Å². The minimum absolute atomic E-state index is 0.488. The molecule has 6 heteroatoms. The fourth-order valence-electron chi connectivity index (χ4n) is 3.27. The monoisotopic (exact) mass is 276 g/mol. The van der Waals surface area contributed by atoms with Crippen LogP contribution in [0, 0.1) is 5.92 Å². The number of hydrogen-bond acceptors (Lipinski definition) is 6. The summed E-state index contributed by atoms with van der Waals surface area (Å²) in [5, 5.41) is 0. The van der Waals surface area contributed by atoms with Gasteiger partial charge in [-0.25, -0.2) is 10.8 Å². The Hall–Kier alpha value is -1.40. The van der Waals surface area contributed by atoms with Gasteiger partial charge in [-0.2, -0.15) is 4.98 Å². The lowest BCUT2D eigenvalue weighted by Crippen LogP contribution is -2.38. The van der Waals surface area contributed by atoms with Crippen LogP contribution in [0.4, 0.5) is 11.8 Å². The number of anilines is 2. The molecule has 1 aromatic heterocycles. The number of aromatic nitrogens is 2. The van der Waals surface area contributed by atoms with Gasteiger partial charge in [0, 0.05) is 25.8 Å². The van der Waals surface area contributed by atoms with Crippen LogP contribution in [0.25, 0.3) is 0 Å². The van der Waals surface area contributed by atoms with Gasteiger partial charge in [0.25, 0.3) is 0 Å². The molecule has 0 bridgehead atoms. The van der Waals surface area contributed by atoms with Crippen LogP contribution in [0.3, 0.4) is 0 Å². The second-order valence-corrected chi connectivity index (χ2v) is 5.82. The Morgan fingerprint density at radius 3 is 2.65 bits per heavy atom. The molecule has 3 heterocycles. The smallest absolute Gasteiger partial charge is 0.239 e. The zero-order valence-corrected chi connectivity index (χ0v) is 12.0. The third-order valence-corrected chi connectivity index (χ3v) is 4.42. The molecule has 110 valence electrons. The van der Waals surface area contributed by atoms with E-state index in [1.165, 1.54) is 45.3 Å². The summed E-state index contributed by atoms with van der Waals surface area (Å²) >= 11 is 0. The Bertz CT molecular complexity index is 423. The van der Waals surface area contributed by atoms with E-state index in [2.05, 4.69) is 25.2 Å². The SMILES string of the molecule is NNc1nccc(N2CCC(CN3CCCC3)CC2)n1. The minimum Gasteiger partial charge on any atom is -0.356 e. The highest BCUT2D eigenvalue weighted by atomic mass is 15.3. The minimum atomic E-state index is 0.488. The predicted molar refractivity (Wildman–Crippen MR) is 80.5 cm³/mol. The predicted octanol–water partition coefficient (Wildman–Crippen LogP) is 1.07. The first kappa shape index (κ1) is 13.6. The van der Waals surface area contributed by atoms with Crippen molar-refractivity contribution in [1.29, 1.82) is 0 Å². The summed E-state index contributed by atoms with van der Waals surface area (Å²) < 4.78 is 0. The lowest BCUT2D eigenvalue weighted by molar-refractivity contribution is 0.249. The van der Waals surface area contributed by atoms with E-state index in [9.17, 15) is 0 Å². The fourth-order valence-corrected chi connectivity index (χ4v) is 3.27. The van der Waals surface area contributed by atoms with Gasteiger partial charge in [-0.1, -0.05) is 0 Å². The number of hydrazine groups is 1. The van der Waals surface area contributed by atoms with Crippen LogP contribution in [0.2, 0.25) is 0 Å². The molecule has 0 unspecified atom stereocenters. The number of nitrogens with zero attached hydrogens (tertiary/aromatic N) is 4. The van der Waals surface area contributed by atoms with Crippen molar-refractivity contribution in [3.8, 4) is 0 Å². The van der Waals surface area contributed by atoms with Crippen molar-refractivity contribution in [3.63, 3.8) is 0 Å². The zero-order chi connectivity index (χ0) is 13.8. The van der Waals surface area contributed by atoms with Gasteiger partial charge in [0.05, 0.1) is 0 Å². The highest BCUT2D eigenvalue weighted by Gasteiger charge is 2.23. The number of nitrogen functional groups attached to an aromatic ring is 1. The third-order valence-electron chi connectivity index (χ3n) is 4.42. The van der Waals surface area contributed by atoms with Crippen LogP contribution in [-0.2, 0) is 0 Å². The van der Waals surface area contributed by atoms with E-state index in [0.29, 0.717) is 5.95 Å². The van der Waals surface area contributed by atoms with E-state index in [-0.39, 0.29) is 0 Å². The maximum atomic E-state index is 5.36. The summed E-state index contributed by atoms with van der Waals surface area (Å²) in [6.07, 6.45) is 7.04. The first-order chi connectivity index (χ1) is 9.85. The molecular weight excluding hydrogens is 252 g/mol. The Labute approximate surface area is 120 Å². The molecule has 20 heavy (non-hydrogen) atoms. The molecule has 2 saturated heterocycles. The number of nitrogens with two attached hydrogens (primary N) is 1. The van der Waals surface area contributed by atoms with E-state index >= 15 is 0 Å². The molecule has 3 rings (SSSR count). The Morgan fingerprint density at radius 2 is 1.95 bits per heavy atom. The third kappa shape index (κ3) is 3.19. The van der Waals surface area contributed by atoms with Gasteiger partial charge in [0.15, 0.2) is 0 Å². The van der Waals surface area contributed by atoms with Crippen LogP contribution in [-0.4, -0.2) is 47.6 Å². The first-order valence-electron chi connectivity index (χ1n) is 7.62. The number of rotatable bonds is 4. The van der Waals surface area contributed by atoms with E-state index in [4.69, 9.17) is 5.84 Å². The summed E-state index contributed by atoms with van der Waals surface area (Å²) in [4.78, 5) is 13.4. The molecular formula is C14H24N6. The normalized spacial score (nSPS) is 21.4. The Balaban J connectivity index is 1.52. The molecule has 0 atom stereocenters. The van der Waals surface area contributed by atoms with Crippen LogP contribution < -0.4 is 16.2 Å². The summed E-state index contributed by atoms with van der Waals surface area (Å²) in [5.74, 6) is 7.68. The van der Waals surface area contributed by atoms with Crippen molar-refractivity contribution in [1.82, 2.24) is 14.9 Å². The molecule has 1 aromatic rings.